The molecule has 92 valence electrons. The molecule has 2 unspecified atom stereocenters. The maximum atomic E-state index is 11.8. The van der Waals surface area contributed by atoms with Crippen LogP contribution in [0.15, 0.2) is 0 Å². The second kappa shape index (κ2) is 5.81. The van der Waals surface area contributed by atoms with Crippen LogP contribution >= 0.6 is 0 Å². The minimum atomic E-state index is -0.443. The van der Waals surface area contributed by atoms with Crippen molar-refractivity contribution in [2.45, 2.75) is 25.0 Å². The van der Waals surface area contributed by atoms with Gasteiger partial charge in [-0.25, -0.2) is 0 Å². The zero-order valence-corrected chi connectivity index (χ0v) is 9.69. The molecule has 0 bridgehead atoms. The molecule has 2 amide bonds. The summed E-state index contributed by atoms with van der Waals surface area (Å²) in [6.45, 7) is 0.854. The molecule has 0 aliphatic carbocycles. The van der Waals surface area contributed by atoms with E-state index >= 15 is 0 Å². The van der Waals surface area contributed by atoms with Gasteiger partial charge in [0.1, 0.15) is 0 Å². The third-order valence-corrected chi connectivity index (χ3v) is 2.74. The molecule has 0 radical (unpaired) electrons. The lowest BCUT2D eigenvalue weighted by Crippen LogP contribution is -2.42. The van der Waals surface area contributed by atoms with Crippen molar-refractivity contribution in [3.63, 3.8) is 0 Å². The molecular formula is C10H19N3O3. The third kappa shape index (κ3) is 3.46. The highest BCUT2D eigenvalue weighted by atomic mass is 16.3. The van der Waals surface area contributed by atoms with Crippen LogP contribution in [0, 0.1) is 0 Å². The summed E-state index contributed by atoms with van der Waals surface area (Å²) in [7, 11) is 3.23. The maximum absolute atomic E-state index is 11.8. The Morgan fingerprint density at radius 2 is 2.25 bits per heavy atom. The second-order valence-corrected chi connectivity index (χ2v) is 4.03. The molecule has 0 aromatic carbocycles. The van der Waals surface area contributed by atoms with Crippen LogP contribution in [0.5, 0.6) is 0 Å². The Hall–Kier alpha value is -1.14. The molecule has 0 spiro atoms. The molecule has 6 heteroatoms. The van der Waals surface area contributed by atoms with Crippen LogP contribution in [0.1, 0.15) is 12.8 Å². The SMILES string of the molecule is CNC(=O)CCN(C)C(=O)C1CC(O)CN1. The standard InChI is InChI=1S/C10H19N3O3/c1-11-9(15)3-4-13(2)10(16)8-5-7(14)6-12-8/h7-8,12,14H,3-6H2,1-2H3,(H,11,15). The van der Waals surface area contributed by atoms with E-state index in [1.54, 1.807) is 14.1 Å². The van der Waals surface area contributed by atoms with Crippen LogP contribution in [0.2, 0.25) is 0 Å². The van der Waals surface area contributed by atoms with Crippen LogP contribution in [-0.4, -0.2) is 61.2 Å². The molecule has 1 aliphatic heterocycles. The van der Waals surface area contributed by atoms with E-state index in [-0.39, 0.29) is 17.9 Å². The van der Waals surface area contributed by atoms with Gasteiger partial charge in [0.25, 0.3) is 0 Å². The van der Waals surface area contributed by atoms with Crippen molar-refractivity contribution in [2.24, 2.45) is 0 Å². The van der Waals surface area contributed by atoms with Crippen LogP contribution < -0.4 is 10.6 Å². The molecule has 1 aliphatic rings. The predicted molar refractivity (Wildman–Crippen MR) is 58.7 cm³/mol. The number of amides is 2. The van der Waals surface area contributed by atoms with Crippen molar-refractivity contribution in [1.29, 1.82) is 0 Å². The minimum Gasteiger partial charge on any atom is -0.392 e. The summed E-state index contributed by atoms with van der Waals surface area (Å²) in [5.74, 6) is -0.153. The van der Waals surface area contributed by atoms with Crippen LogP contribution in [0.3, 0.4) is 0 Å². The molecule has 1 fully saturated rings. The fraction of sp³-hybridized carbons (Fsp3) is 0.800. The van der Waals surface area contributed by atoms with Gasteiger partial charge >= 0.3 is 0 Å². The predicted octanol–water partition coefficient (Wildman–Crippen LogP) is -1.70. The molecule has 2 atom stereocenters. The van der Waals surface area contributed by atoms with Gasteiger partial charge in [-0.2, -0.15) is 0 Å². The first-order valence-corrected chi connectivity index (χ1v) is 5.41. The lowest BCUT2D eigenvalue weighted by molar-refractivity contribution is -0.132. The Morgan fingerprint density at radius 3 is 2.75 bits per heavy atom. The molecule has 0 saturated carbocycles. The first-order chi connectivity index (χ1) is 7.54. The topological polar surface area (TPSA) is 81.7 Å². The van der Waals surface area contributed by atoms with Crippen LogP contribution in [0.25, 0.3) is 0 Å². The van der Waals surface area contributed by atoms with E-state index in [0.717, 1.165) is 0 Å². The van der Waals surface area contributed by atoms with Crippen LogP contribution in [0.4, 0.5) is 0 Å². The molecule has 1 rings (SSSR count). The van der Waals surface area contributed by atoms with E-state index in [4.69, 9.17) is 0 Å². The molecule has 1 saturated heterocycles. The number of aliphatic hydroxyl groups excluding tert-OH is 1. The maximum Gasteiger partial charge on any atom is 0.239 e. The smallest absolute Gasteiger partial charge is 0.239 e. The van der Waals surface area contributed by atoms with Crippen molar-refractivity contribution < 1.29 is 14.7 Å². The second-order valence-electron chi connectivity index (χ2n) is 4.03. The number of hydrogen-bond acceptors (Lipinski definition) is 4. The Kier molecular flexibility index (Phi) is 4.70. The van der Waals surface area contributed by atoms with Gasteiger partial charge in [0, 0.05) is 33.6 Å². The Labute approximate surface area is 95.0 Å². The zero-order chi connectivity index (χ0) is 12.1. The zero-order valence-electron chi connectivity index (χ0n) is 9.69. The number of carbonyl (C=O) groups is 2. The number of β-amino-alcohol motifs (C(OH)–C–C–N with tert-alkyl or cyclic N) is 1. The number of nitrogens with one attached hydrogen (secondary N) is 2. The molecular weight excluding hydrogens is 210 g/mol. The number of aliphatic hydroxyl groups is 1. The molecule has 0 aromatic rings. The van der Waals surface area contributed by atoms with E-state index in [1.807, 2.05) is 0 Å². The number of nitrogens with zero attached hydrogens (tertiary/aromatic N) is 1. The molecule has 1 heterocycles. The summed E-state index contributed by atoms with van der Waals surface area (Å²) in [5, 5.41) is 14.7. The normalized spacial score (nSPS) is 24.2. The fourth-order valence-corrected chi connectivity index (χ4v) is 1.68. The largest absolute Gasteiger partial charge is 0.392 e. The highest BCUT2D eigenvalue weighted by molar-refractivity contribution is 5.83. The molecule has 0 aromatic heterocycles. The molecule has 3 N–H and O–H groups in total. The average Bonchev–Trinajstić information content (AvgIpc) is 2.71. The van der Waals surface area contributed by atoms with Crippen molar-refractivity contribution in [3.8, 4) is 0 Å². The Morgan fingerprint density at radius 1 is 1.56 bits per heavy atom. The summed E-state index contributed by atoms with van der Waals surface area (Å²) in [6.07, 6.45) is 0.304. The first kappa shape index (κ1) is 12.9. The quantitative estimate of drug-likeness (QED) is 0.537. The molecule has 16 heavy (non-hydrogen) atoms. The van der Waals surface area contributed by atoms with Crippen molar-refractivity contribution in [3.05, 3.63) is 0 Å². The van der Waals surface area contributed by atoms with Gasteiger partial charge in [0.2, 0.25) is 11.8 Å². The van der Waals surface area contributed by atoms with Gasteiger partial charge in [-0.15, -0.1) is 0 Å². The summed E-state index contributed by atoms with van der Waals surface area (Å²) in [6, 6.07) is -0.315. The highest BCUT2D eigenvalue weighted by Crippen LogP contribution is 2.08. The van der Waals surface area contributed by atoms with E-state index in [0.29, 0.717) is 25.9 Å². The van der Waals surface area contributed by atoms with Gasteiger partial charge in [0.15, 0.2) is 0 Å². The van der Waals surface area contributed by atoms with E-state index < -0.39 is 6.10 Å². The van der Waals surface area contributed by atoms with Crippen molar-refractivity contribution >= 4 is 11.8 Å². The molecule has 6 nitrogen and oxygen atoms in total. The number of rotatable bonds is 4. The summed E-state index contributed by atoms with van der Waals surface area (Å²) in [4.78, 5) is 24.3. The summed E-state index contributed by atoms with van der Waals surface area (Å²) >= 11 is 0. The first-order valence-electron chi connectivity index (χ1n) is 5.41. The van der Waals surface area contributed by atoms with Crippen molar-refractivity contribution in [1.82, 2.24) is 15.5 Å². The van der Waals surface area contributed by atoms with Gasteiger partial charge in [0.05, 0.1) is 12.1 Å². The van der Waals surface area contributed by atoms with Gasteiger partial charge in [-0.05, 0) is 6.42 Å². The van der Waals surface area contributed by atoms with E-state index in [2.05, 4.69) is 10.6 Å². The lowest BCUT2D eigenvalue weighted by atomic mass is 10.2. The average molecular weight is 229 g/mol. The minimum absolute atomic E-state index is 0.0690. The Balaban J connectivity index is 2.33. The van der Waals surface area contributed by atoms with Crippen molar-refractivity contribution in [2.75, 3.05) is 27.2 Å². The summed E-state index contributed by atoms with van der Waals surface area (Å²) < 4.78 is 0. The van der Waals surface area contributed by atoms with Gasteiger partial charge in [-0.3, -0.25) is 9.59 Å². The van der Waals surface area contributed by atoms with Gasteiger partial charge < -0.3 is 20.6 Å². The monoisotopic (exact) mass is 229 g/mol. The summed E-state index contributed by atoms with van der Waals surface area (Å²) in [5.41, 5.74) is 0. The van der Waals surface area contributed by atoms with Crippen LogP contribution in [-0.2, 0) is 9.59 Å². The number of carbonyl (C=O) groups excluding carboxylic acids is 2. The fourth-order valence-electron chi connectivity index (χ4n) is 1.68. The third-order valence-electron chi connectivity index (χ3n) is 2.74. The number of hydrogen-bond donors (Lipinski definition) is 3. The van der Waals surface area contributed by atoms with E-state index in [1.165, 1.54) is 4.90 Å². The highest BCUT2D eigenvalue weighted by Gasteiger charge is 2.29. The lowest BCUT2D eigenvalue weighted by Gasteiger charge is -2.20. The number of likely N-dealkylation sites (N-methyl/N-ethyl adjacent to an activating group) is 1. The Bertz CT molecular complexity index is 270. The van der Waals surface area contributed by atoms with E-state index in [9.17, 15) is 14.7 Å². The van der Waals surface area contributed by atoms with Gasteiger partial charge in [-0.1, -0.05) is 0 Å².